The Morgan fingerprint density at radius 1 is 1.53 bits per heavy atom. The van der Waals surface area contributed by atoms with E-state index in [9.17, 15) is 9.59 Å². The summed E-state index contributed by atoms with van der Waals surface area (Å²) in [6.07, 6.45) is 3.21. The minimum Gasteiger partial charge on any atom is -0.464 e. The van der Waals surface area contributed by atoms with Crippen LogP contribution >= 0.6 is 11.3 Å². The number of nitrogens with zero attached hydrogens (tertiary/aromatic N) is 2. The molecular weight excluding hydrogens is 264 g/mol. The fourth-order valence-electron chi connectivity index (χ4n) is 1.69. The molecule has 0 fully saturated rings. The fraction of sp³-hybridized carbons (Fsp3) is 0.462. The molecule has 0 saturated carbocycles. The van der Waals surface area contributed by atoms with Gasteiger partial charge in [0.05, 0.1) is 18.5 Å². The van der Waals surface area contributed by atoms with E-state index in [0.717, 1.165) is 18.4 Å². The lowest BCUT2D eigenvalue weighted by atomic mass is 10.3. The van der Waals surface area contributed by atoms with Crippen molar-refractivity contribution >= 4 is 27.5 Å². The van der Waals surface area contributed by atoms with Crippen molar-refractivity contribution in [3.05, 3.63) is 27.6 Å². The first-order valence-corrected chi connectivity index (χ1v) is 7.10. The Balaban J connectivity index is 2.15. The predicted octanol–water partition coefficient (Wildman–Crippen LogP) is 2.11. The third-order valence-electron chi connectivity index (χ3n) is 2.78. The second kappa shape index (κ2) is 5.97. The van der Waals surface area contributed by atoms with Crippen LogP contribution in [0.1, 0.15) is 25.3 Å². The standard InChI is InChI=1S/C13H16N2O3S/c1-3-4-5-18-10(16)6-15-8-14-11-9(2)7-19-12(11)13(15)17/h7-8H,3-6H2,1-2H3. The number of unbranched alkanes of at least 4 members (excludes halogenated alkanes) is 1. The van der Waals surface area contributed by atoms with Crippen LogP contribution in [0, 0.1) is 6.92 Å². The van der Waals surface area contributed by atoms with Crippen LogP contribution in [0.3, 0.4) is 0 Å². The van der Waals surface area contributed by atoms with E-state index in [4.69, 9.17) is 4.74 Å². The Kier molecular flexibility index (Phi) is 4.31. The molecule has 0 atom stereocenters. The zero-order valence-electron chi connectivity index (χ0n) is 11.0. The third kappa shape index (κ3) is 3.01. The van der Waals surface area contributed by atoms with Gasteiger partial charge in [0, 0.05) is 0 Å². The molecule has 2 aromatic rings. The highest BCUT2D eigenvalue weighted by Crippen LogP contribution is 2.19. The summed E-state index contributed by atoms with van der Waals surface area (Å²) in [7, 11) is 0. The molecule has 0 radical (unpaired) electrons. The van der Waals surface area contributed by atoms with Crippen molar-refractivity contribution in [2.45, 2.75) is 33.2 Å². The molecule has 2 heterocycles. The zero-order chi connectivity index (χ0) is 13.8. The van der Waals surface area contributed by atoms with Crippen molar-refractivity contribution in [2.24, 2.45) is 0 Å². The van der Waals surface area contributed by atoms with E-state index in [0.29, 0.717) is 16.8 Å². The topological polar surface area (TPSA) is 61.2 Å². The number of esters is 1. The Labute approximate surface area is 114 Å². The van der Waals surface area contributed by atoms with Gasteiger partial charge in [0.25, 0.3) is 5.56 Å². The van der Waals surface area contributed by atoms with E-state index in [2.05, 4.69) is 4.98 Å². The van der Waals surface area contributed by atoms with Gasteiger partial charge in [-0.05, 0) is 24.3 Å². The third-order valence-corrected chi connectivity index (χ3v) is 3.86. The summed E-state index contributed by atoms with van der Waals surface area (Å²) in [5.41, 5.74) is 1.51. The Hall–Kier alpha value is -1.69. The predicted molar refractivity (Wildman–Crippen MR) is 74.5 cm³/mol. The maximum Gasteiger partial charge on any atom is 0.326 e. The van der Waals surface area contributed by atoms with Gasteiger partial charge >= 0.3 is 5.97 Å². The van der Waals surface area contributed by atoms with Crippen LogP contribution in [0.2, 0.25) is 0 Å². The van der Waals surface area contributed by atoms with Crippen LogP contribution in [0.15, 0.2) is 16.5 Å². The molecule has 102 valence electrons. The molecule has 0 amide bonds. The first-order valence-electron chi connectivity index (χ1n) is 6.22. The van der Waals surface area contributed by atoms with Crippen LogP contribution in [-0.4, -0.2) is 22.1 Å². The number of aromatic nitrogens is 2. The number of thiophene rings is 1. The van der Waals surface area contributed by atoms with E-state index >= 15 is 0 Å². The summed E-state index contributed by atoms with van der Waals surface area (Å²) in [6, 6.07) is 0. The summed E-state index contributed by atoms with van der Waals surface area (Å²) in [5, 5.41) is 1.89. The number of fused-ring (bicyclic) bond motifs is 1. The first-order chi connectivity index (χ1) is 9.13. The van der Waals surface area contributed by atoms with Gasteiger partial charge in [0.15, 0.2) is 0 Å². The highest BCUT2D eigenvalue weighted by atomic mass is 32.1. The van der Waals surface area contributed by atoms with Crippen LogP contribution in [-0.2, 0) is 16.1 Å². The van der Waals surface area contributed by atoms with Crippen LogP contribution < -0.4 is 5.56 Å². The number of aryl methyl sites for hydroxylation is 1. The van der Waals surface area contributed by atoms with E-state index in [1.54, 1.807) is 0 Å². The van der Waals surface area contributed by atoms with Gasteiger partial charge in [-0.1, -0.05) is 13.3 Å². The quantitative estimate of drug-likeness (QED) is 0.621. The fourth-order valence-corrected chi connectivity index (χ4v) is 2.64. The normalized spacial score (nSPS) is 10.8. The molecule has 0 saturated heterocycles. The van der Waals surface area contributed by atoms with Crippen LogP contribution in [0.25, 0.3) is 10.2 Å². The van der Waals surface area contributed by atoms with E-state index in [1.807, 2.05) is 19.2 Å². The second-order valence-corrected chi connectivity index (χ2v) is 5.23. The molecule has 5 nitrogen and oxygen atoms in total. The first kappa shape index (κ1) is 13.7. The molecule has 2 rings (SSSR count). The van der Waals surface area contributed by atoms with Gasteiger partial charge < -0.3 is 4.74 Å². The van der Waals surface area contributed by atoms with Crippen LogP contribution in [0.4, 0.5) is 0 Å². The van der Waals surface area contributed by atoms with Crippen LogP contribution in [0.5, 0.6) is 0 Å². The van der Waals surface area contributed by atoms with Crippen molar-refractivity contribution in [3.8, 4) is 0 Å². The Bertz CT molecular complexity index is 645. The molecule has 0 aromatic carbocycles. The summed E-state index contributed by atoms with van der Waals surface area (Å²) in [6.45, 7) is 4.25. The molecule has 0 aliphatic heterocycles. The summed E-state index contributed by atoms with van der Waals surface area (Å²) in [5.74, 6) is -0.398. The number of rotatable bonds is 5. The molecule has 2 aromatic heterocycles. The smallest absolute Gasteiger partial charge is 0.326 e. The van der Waals surface area contributed by atoms with Crippen molar-refractivity contribution in [3.63, 3.8) is 0 Å². The molecule has 0 bridgehead atoms. The minimum absolute atomic E-state index is 0.0809. The molecule has 6 heteroatoms. The van der Waals surface area contributed by atoms with Gasteiger partial charge in [-0.3, -0.25) is 14.2 Å². The van der Waals surface area contributed by atoms with E-state index in [-0.39, 0.29) is 12.1 Å². The summed E-state index contributed by atoms with van der Waals surface area (Å²) < 4.78 is 6.92. The van der Waals surface area contributed by atoms with Crippen molar-refractivity contribution in [1.82, 2.24) is 9.55 Å². The number of carbonyl (C=O) groups is 1. The molecule has 0 aliphatic carbocycles. The summed E-state index contributed by atoms with van der Waals surface area (Å²) in [4.78, 5) is 27.9. The largest absolute Gasteiger partial charge is 0.464 e. The van der Waals surface area contributed by atoms with Crippen molar-refractivity contribution in [1.29, 1.82) is 0 Å². The van der Waals surface area contributed by atoms with E-state index < -0.39 is 5.97 Å². The number of carbonyl (C=O) groups excluding carboxylic acids is 1. The Morgan fingerprint density at radius 2 is 2.32 bits per heavy atom. The highest BCUT2D eigenvalue weighted by molar-refractivity contribution is 7.17. The molecule has 0 N–H and O–H groups in total. The molecular formula is C13H16N2O3S. The van der Waals surface area contributed by atoms with Gasteiger partial charge in [-0.25, -0.2) is 4.98 Å². The number of hydrogen-bond acceptors (Lipinski definition) is 5. The minimum atomic E-state index is -0.398. The number of hydrogen-bond donors (Lipinski definition) is 0. The maximum absolute atomic E-state index is 12.1. The monoisotopic (exact) mass is 280 g/mol. The molecule has 0 aliphatic rings. The van der Waals surface area contributed by atoms with Gasteiger partial charge in [0.1, 0.15) is 11.2 Å². The van der Waals surface area contributed by atoms with Crippen molar-refractivity contribution in [2.75, 3.05) is 6.61 Å². The highest BCUT2D eigenvalue weighted by Gasteiger charge is 2.11. The average Bonchev–Trinajstić information content (AvgIpc) is 2.76. The lowest BCUT2D eigenvalue weighted by molar-refractivity contribution is -0.144. The maximum atomic E-state index is 12.1. The molecule has 0 spiro atoms. The summed E-state index contributed by atoms with van der Waals surface area (Å²) >= 11 is 1.36. The SMILES string of the molecule is CCCCOC(=O)Cn1cnc2c(C)csc2c1=O. The lowest BCUT2D eigenvalue weighted by Crippen LogP contribution is -2.25. The number of ether oxygens (including phenoxy) is 1. The lowest BCUT2D eigenvalue weighted by Gasteiger charge is -2.06. The Morgan fingerprint density at radius 3 is 3.05 bits per heavy atom. The van der Waals surface area contributed by atoms with E-state index in [1.165, 1.54) is 22.2 Å². The van der Waals surface area contributed by atoms with Gasteiger partial charge in [-0.15, -0.1) is 11.3 Å². The zero-order valence-corrected chi connectivity index (χ0v) is 11.8. The second-order valence-electron chi connectivity index (χ2n) is 4.35. The van der Waals surface area contributed by atoms with Gasteiger partial charge in [-0.2, -0.15) is 0 Å². The molecule has 19 heavy (non-hydrogen) atoms. The molecule has 0 unspecified atom stereocenters. The van der Waals surface area contributed by atoms with Gasteiger partial charge in [0.2, 0.25) is 0 Å². The average molecular weight is 280 g/mol. The van der Waals surface area contributed by atoms with Crippen molar-refractivity contribution < 1.29 is 9.53 Å².